The summed E-state index contributed by atoms with van der Waals surface area (Å²) in [5, 5.41) is 4.19. The van der Waals surface area contributed by atoms with Crippen molar-refractivity contribution in [2.45, 2.75) is 32.1 Å². The summed E-state index contributed by atoms with van der Waals surface area (Å²) in [6, 6.07) is 3.70. The van der Waals surface area contributed by atoms with Crippen molar-refractivity contribution in [3.05, 3.63) is 30.1 Å². The molecule has 6 heteroatoms. The number of Topliss-reactive ketones (excluding diaryl/α,β-unsaturated/α-hetero) is 1. The number of pyridine rings is 1. The third-order valence-corrected chi connectivity index (χ3v) is 3.98. The highest BCUT2D eigenvalue weighted by atomic mass is 19.3. The Morgan fingerprint density at radius 1 is 1.33 bits per heavy atom. The molecule has 0 bridgehead atoms. The van der Waals surface area contributed by atoms with Crippen molar-refractivity contribution in [1.29, 1.82) is 0 Å². The highest BCUT2D eigenvalue weighted by Gasteiger charge is 2.34. The minimum Gasteiger partial charge on any atom is -0.370 e. The van der Waals surface area contributed by atoms with Gasteiger partial charge in [0.15, 0.2) is 5.78 Å². The molecule has 1 aliphatic rings. The molecule has 0 aliphatic carbocycles. The second kappa shape index (κ2) is 5.09. The fourth-order valence-electron chi connectivity index (χ4n) is 2.66. The van der Waals surface area contributed by atoms with E-state index in [2.05, 4.69) is 5.10 Å². The molecule has 2 aromatic rings. The smallest absolute Gasteiger partial charge is 0.251 e. The van der Waals surface area contributed by atoms with Gasteiger partial charge in [0.25, 0.3) is 5.92 Å². The Morgan fingerprint density at radius 2 is 2.05 bits per heavy atom. The van der Waals surface area contributed by atoms with E-state index in [1.165, 1.54) is 0 Å². The molecule has 1 saturated heterocycles. The molecule has 0 N–H and O–H groups in total. The van der Waals surface area contributed by atoms with Crippen LogP contribution in [0.3, 0.4) is 0 Å². The van der Waals surface area contributed by atoms with Gasteiger partial charge in [0, 0.05) is 32.4 Å². The fraction of sp³-hybridized carbons (Fsp3) is 0.467. The Morgan fingerprint density at radius 3 is 2.71 bits per heavy atom. The van der Waals surface area contributed by atoms with E-state index in [1.54, 1.807) is 16.9 Å². The van der Waals surface area contributed by atoms with Gasteiger partial charge in [0.05, 0.1) is 29.2 Å². The molecule has 3 rings (SSSR count). The standard InChI is InChI=1S/C15H17F2N3O/c1-2-14(21)12-9-18-20-10-11(3-4-13(12)20)19-7-5-15(16,17)6-8-19/h3-4,9-10H,2,5-8H2,1H3. The van der Waals surface area contributed by atoms with Gasteiger partial charge in [-0.15, -0.1) is 0 Å². The first-order valence-electron chi connectivity index (χ1n) is 7.13. The summed E-state index contributed by atoms with van der Waals surface area (Å²) in [5.74, 6) is -2.50. The monoisotopic (exact) mass is 293 g/mol. The van der Waals surface area contributed by atoms with Gasteiger partial charge in [-0.05, 0) is 12.1 Å². The van der Waals surface area contributed by atoms with Crippen molar-refractivity contribution in [2.75, 3.05) is 18.0 Å². The number of carbonyl (C=O) groups excluding carboxylic acids is 1. The summed E-state index contributed by atoms with van der Waals surface area (Å²) in [7, 11) is 0. The van der Waals surface area contributed by atoms with E-state index in [-0.39, 0.29) is 18.6 Å². The number of halogens is 2. The van der Waals surface area contributed by atoms with Crippen LogP contribution < -0.4 is 4.90 Å². The van der Waals surface area contributed by atoms with Crippen LogP contribution in [0.5, 0.6) is 0 Å². The summed E-state index contributed by atoms with van der Waals surface area (Å²) < 4.78 is 28.0. The maximum absolute atomic E-state index is 13.2. The molecule has 0 saturated carbocycles. The van der Waals surface area contributed by atoms with Crippen LogP contribution in [-0.4, -0.2) is 34.4 Å². The topological polar surface area (TPSA) is 37.6 Å². The second-order valence-electron chi connectivity index (χ2n) is 5.40. The number of hydrogen-bond donors (Lipinski definition) is 0. The fourth-order valence-corrected chi connectivity index (χ4v) is 2.66. The average Bonchev–Trinajstić information content (AvgIpc) is 2.89. The second-order valence-corrected chi connectivity index (χ2v) is 5.40. The molecule has 0 radical (unpaired) electrons. The zero-order chi connectivity index (χ0) is 15.0. The van der Waals surface area contributed by atoms with Crippen molar-refractivity contribution in [1.82, 2.24) is 9.61 Å². The lowest BCUT2D eigenvalue weighted by molar-refractivity contribution is -0.0220. The van der Waals surface area contributed by atoms with Crippen molar-refractivity contribution in [2.24, 2.45) is 0 Å². The lowest BCUT2D eigenvalue weighted by atomic mass is 10.1. The summed E-state index contributed by atoms with van der Waals surface area (Å²) in [6.45, 7) is 2.48. The quantitative estimate of drug-likeness (QED) is 0.816. The summed E-state index contributed by atoms with van der Waals surface area (Å²) in [6.07, 6.45) is 3.55. The molecule has 112 valence electrons. The van der Waals surface area contributed by atoms with Gasteiger partial charge >= 0.3 is 0 Å². The number of anilines is 1. The van der Waals surface area contributed by atoms with Crippen LogP contribution in [-0.2, 0) is 0 Å². The van der Waals surface area contributed by atoms with Gasteiger partial charge in [-0.3, -0.25) is 4.79 Å². The molecule has 1 fully saturated rings. The lowest BCUT2D eigenvalue weighted by Gasteiger charge is -2.33. The molecule has 0 atom stereocenters. The lowest BCUT2D eigenvalue weighted by Crippen LogP contribution is -2.39. The first-order valence-corrected chi connectivity index (χ1v) is 7.13. The number of nitrogens with zero attached hydrogens (tertiary/aromatic N) is 3. The molecule has 2 aromatic heterocycles. The first-order chi connectivity index (χ1) is 10.00. The molecule has 1 aliphatic heterocycles. The third-order valence-electron chi connectivity index (χ3n) is 3.98. The molecule has 21 heavy (non-hydrogen) atoms. The molecule has 0 unspecified atom stereocenters. The Hall–Kier alpha value is -1.98. The van der Waals surface area contributed by atoms with Gasteiger partial charge in [0.1, 0.15) is 0 Å². The van der Waals surface area contributed by atoms with Gasteiger partial charge in [-0.25, -0.2) is 13.3 Å². The highest BCUT2D eigenvalue weighted by molar-refractivity contribution is 6.02. The van der Waals surface area contributed by atoms with E-state index in [0.717, 1.165) is 11.2 Å². The number of alkyl halides is 2. The Balaban J connectivity index is 1.87. The van der Waals surface area contributed by atoms with Gasteiger partial charge in [0.2, 0.25) is 0 Å². The largest absolute Gasteiger partial charge is 0.370 e. The Bertz CT molecular complexity index is 671. The SMILES string of the molecule is CCC(=O)c1cnn2cc(N3CCC(F)(F)CC3)ccc12. The molecule has 0 amide bonds. The van der Waals surface area contributed by atoms with Crippen LogP contribution >= 0.6 is 0 Å². The van der Waals surface area contributed by atoms with Gasteiger partial charge in [-0.1, -0.05) is 6.92 Å². The number of aromatic nitrogens is 2. The van der Waals surface area contributed by atoms with E-state index in [9.17, 15) is 13.6 Å². The maximum Gasteiger partial charge on any atom is 0.251 e. The summed E-state index contributed by atoms with van der Waals surface area (Å²) >= 11 is 0. The Kier molecular flexibility index (Phi) is 3.39. The number of carbonyl (C=O) groups is 1. The minimum atomic E-state index is -2.55. The highest BCUT2D eigenvalue weighted by Crippen LogP contribution is 2.30. The predicted molar refractivity (Wildman–Crippen MR) is 76.2 cm³/mol. The first kappa shape index (κ1) is 14.0. The zero-order valence-corrected chi connectivity index (χ0v) is 11.9. The van der Waals surface area contributed by atoms with Gasteiger partial charge < -0.3 is 4.90 Å². The number of ketones is 1. The van der Waals surface area contributed by atoms with E-state index in [4.69, 9.17) is 0 Å². The molecule has 4 nitrogen and oxygen atoms in total. The van der Waals surface area contributed by atoms with Crippen molar-refractivity contribution in [3.63, 3.8) is 0 Å². The van der Waals surface area contributed by atoms with Gasteiger partial charge in [-0.2, -0.15) is 5.10 Å². The normalized spacial score (nSPS) is 18.1. The van der Waals surface area contributed by atoms with E-state index in [1.807, 2.05) is 24.0 Å². The van der Waals surface area contributed by atoms with Crippen molar-refractivity contribution >= 4 is 17.0 Å². The number of hydrogen-bond acceptors (Lipinski definition) is 3. The van der Waals surface area contributed by atoms with Crippen LogP contribution in [0.4, 0.5) is 14.5 Å². The molecule has 3 heterocycles. The number of fused-ring (bicyclic) bond motifs is 1. The van der Waals surface area contributed by atoms with E-state index >= 15 is 0 Å². The van der Waals surface area contributed by atoms with Crippen molar-refractivity contribution in [3.8, 4) is 0 Å². The summed E-state index contributed by atoms with van der Waals surface area (Å²) in [5.41, 5.74) is 2.22. The van der Waals surface area contributed by atoms with Crippen LogP contribution in [0, 0.1) is 0 Å². The molecular formula is C15H17F2N3O. The molecule has 0 aromatic carbocycles. The Labute approximate surface area is 121 Å². The minimum absolute atomic E-state index is 0.0513. The summed E-state index contributed by atoms with van der Waals surface area (Å²) in [4.78, 5) is 13.7. The molecular weight excluding hydrogens is 276 g/mol. The van der Waals surface area contributed by atoms with Crippen LogP contribution in [0.2, 0.25) is 0 Å². The number of rotatable bonds is 3. The molecule has 0 spiro atoms. The zero-order valence-electron chi connectivity index (χ0n) is 11.9. The third kappa shape index (κ3) is 2.62. The van der Waals surface area contributed by atoms with Crippen molar-refractivity contribution < 1.29 is 13.6 Å². The van der Waals surface area contributed by atoms with E-state index in [0.29, 0.717) is 25.1 Å². The predicted octanol–water partition coefficient (Wildman–Crippen LogP) is 3.16. The van der Waals surface area contributed by atoms with Crippen LogP contribution in [0.25, 0.3) is 5.52 Å². The maximum atomic E-state index is 13.2. The number of piperidine rings is 1. The van der Waals surface area contributed by atoms with E-state index < -0.39 is 5.92 Å². The van der Waals surface area contributed by atoms with Crippen LogP contribution in [0.1, 0.15) is 36.5 Å². The average molecular weight is 293 g/mol. The van der Waals surface area contributed by atoms with Crippen LogP contribution in [0.15, 0.2) is 24.5 Å².